The fourth-order valence-electron chi connectivity index (χ4n) is 2.85. The van der Waals surface area contributed by atoms with Crippen LogP contribution in [0.4, 0.5) is 0 Å². The summed E-state index contributed by atoms with van der Waals surface area (Å²) in [6.45, 7) is 0.0948. The standard InChI is InChI=1S/C16H18ClNOS/c17-12-6-4-11(5-7-12)15(10-19)18-14-2-1-3-16-13(14)8-9-20-16/h4-9,14-15,18-19H,1-3,10H2. The highest BCUT2D eigenvalue weighted by Crippen LogP contribution is 2.34. The Morgan fingerprint density at radius 2 is 2.10 bits per heavy atom. The van der Waals surface area contributed by atoms with Crippen molar-refractivity contribution in [3.8, 4) is 0 Å². The van der Waals surface area contributed by atoms with E-state index in [1.54, 1.807) is 0 Å². The molecule has 0 bridgehead atoms. The molecule has 1 heterocycles. The molecule has 2 unspecified atom stereocenters. The predicted octanol–water partition coefficient (Wildman–Crippen LogP) is 4.10. The Balaban J connectivity index is 1.78. The molecule has 1 aromatic heterocycles. The first-order valence-electron chi connectivity index (χ1n) is 6.96. The second-order valence-corrected chi connectivity index (χ2v) is 6.63. The highest BCUT2D eigenvalue weighted by molar-refractivity contribution is 7.10. The van der Waals surface area contributed by atoms with E-state index < -0.39 is 0 Å². The molecule has 1 aromatic carbocycles. The van der Waals surface area contributed by atoms with Gasteiger partial charge in [-0.25, -0.2) is 0 Å². The Labute approximate surface area is 128 Å². The summed E-state index contributed by atoms with van der Waals surface area (Å²) in [4.78, 5) is 1.49. The van der Waals surface area contributed by atoms with Gasteiger partial charge in [0, 0.05) is 15.9 Å². The minimum atomic E-state index is -0.0388. The predicted molar refractivity (Wildman–Crippen MR) is 84.4 cm³/mol. The van der Waals surface area contributed by atoms with Crippen molar-refractivity contribution >= 4 is 22.9 Å². The maximum absolute atomic E-state index is 9.69. The molecule has 0 aliphatic heterocycles. The first-order valence-corrected chi connectivity index (χ1v) is 8.22. The Hall–Kier alpha value is -0.870. The van der Waals surface area contributed by atoms with E-state index in [-0.39, 0.29) is 12.6 Å². The van der Waals surface area contributed by atoms with Crippen molar-refractivity contribution in [1.29, 1.82) is 0 Å². The average molecular weight is 308 g/mol. The Kier molecular flexibility index (Phi) is 4.41. The molecule has 0 fully saturated rings. The van der Waals surface area contributed by atoms with Crippen molar-refractivity contribution in [3.63, 3.8) is 0 Å². The third kappa shape index (κ3) is 2.91. The van der Waals surface area contributed by atoms with Gasteiger partial charge in [-0.3, -0.25) is 0 Å². The molecule has 1 aliphatic carbocycles. The van der Waals surface area contributed by atoms with Gasteiger partial charge in [0.25, 0.3) is 0 Å². The molecule has 0 spiro atoms. The van der Waals surface area contributed by atoms with Crippen LogP contribution < -0.4 is 5.32 Å². The van der Waals surface area contributed by atoms with Gasteiger partial charge in [0.05, 0.1) is 12.6 Å². The number of hydrogen-bond acceptors (Lipinski definition) is 3. The zero-order valence-corrected chi connectivity index (χ0v) is 12.8. The number of nitrogens with one attached hydrogen (secondary N) is 1. The van der Waals surface area contributed by atoms with E-state index in [2.05, 4.69) is 16.8 Å². The lowest BCUT2D eigenvalue weighted by atomic mass is 9.92. The molecule has 0 amide bonds. The normalized spacial score (nSPS) is 19.6. The van der Waals surface area contributed by atoms with E-state index in [9.17, 15) is 5.11 Å². The summed E-state index contributed by atoms with van der Waals surface area (Å²) in [7, 11) is 0. The summed E-state index contributed by atoms with van der Waals surface area (Å²) in [5, 5.41) is 16.2. The lowest BCUT2D eigenvalue weighted by Gasteiger charge is -2.28. The number of halogens is 1. The number of rotatable bonds is 4. The second kappa shape index (κ2) is 6.27. The number of hydrogen-bond donors (Lipinski definition) is 2. The second-order valence-electron chi connectivity index (χ2n) is 5.20. The molecule has 4 heteroatoms. The molecule has 106 valence electrons. The summed E-state index contributed by atoms with van der Waals surface area (Å²) in [6, 6.07) is 10.2. The molecule has 0 saturated carbocycles. The van der Waals surface area contributed by atoms with Crippen LogP contribution >= 0.6 is 22.9 Å². The van der Waals surface area contributed by atoms with Crippen LogP contribution in [0.1, 0.15) is 40.9 Å². The molecular weight excluding hydrogens is 290 g/mol. The summed E-state index contributed by atoms with van der Waals surface area (Å²) < 4.78 is 0. The third-order valence-electron chi connectivity index (χ3n) is 3.91. The van der Waals surface area contributed by atoms with Gasteiger partial charge in [0.1, 0.15) is 0 Å². The Morgan fingerprint density at radius 3 is 2.85 bits per heavy atom. The van der Waals surface area contributed by atoms with Gasteiger partial charge in [0.15, 0.2) is 0 Å². The Bertz CT molecular complexity index is 566. The largest absolute Gasteiger partial charge is 0.394 e. The lowest BCUT2D eigenvalue weighted by Crippen LogP contribution is -2.30. The minimum Gasteiger partial charge on any atom is -0.394 e. The minimum absolute atomic E-state index is 0.0388. The lowest BCUT2D eigenvalue weighted by molar-refractivity contribution is 0.228. The number of fused-ring (bicyclic) bond motifs is 1. The third-order valence-corrected chi connectivity index (χ3v) is 5.16. The van der Waals surface area contributed by atoms with Gasteiger partial charge in [-0.1, -0.05) is 23.7 Å². The first kappa shape index (κ1) is 14.1. The maximum atomic E-state index is 9.69. The molecule has 0 saturated heterocycles. The maximum Gasteiger partial charge on any atom is 0.0626 e. The van der Waals surface area contributed by atoms with E-state index >= 15 is 0 Å². The van der Waals surface area contributed by atoms with E-state index in [1.165, 1.54) is 23.3 Å². The summed E-state index contributed by atoms with van der Waals surface area (Å²) in [5.74, 6) is 0. The summed E-state index contributed by atoms with van der Waals surface area (Å²) in [5.41, 5.74) is 2.49. The van der Waals surface area contributed by atoms with Crippen LogP contribution in [0.3, 0.4) is 0 Å². The van der Waals surface area contributed by atoms with Crippen LogP contribution in [-0.4, -0.2) is 11.7 Å². The topological polar surface area (TPSA) is 32.3 Å². The number of aliphatic hydroxyl groups is 1. The zero-order chi connectivity index (χ0) is 13.9. The van der Waals surface area contributed by atoms with E-state index in [1.807, 2.05) is 35.6 Å². The van der Waals surface area contributed by atoms with Gasteiger partial charge in [0.2, 0.25) is 0 Å². The van der Waals surface area contributed by atoms with E-state index in [0.29, 0.717) is 6.04 Å². The summed E-state index contributed by atoms with van der Waals surface area (Å²) >= 11 is 7.76. The number of aryl methyl sites for hydroxylation is 1. The average Bonchev–Trinajstić information content (AvgIpc) is 2.95. The van der Waals surface area contributed by atoms with Crippen molar-refractivity contribution in [2.24, 2.45) is 0 Å². The van der Waals surface area contributed by atoms with Crippen LogP contribution in [-0.2, 0) is 6.42 Å². The highest BCUT2D eigenvalue weighted by atomic mass is 35.5. The van der Waals surface area contributed by atoms with Crippen molar-refractivity contribution in [1.82, 2.24) is 5.32 Å². The molecular formula is C16H18ClNOS. The molecule has 0 radical (unpaired) electrons. The van der Waals surface area contributed by atoms with Gasteiger partial charge >= 0.3 is 0 Å². The van der Waals surface area contributed by atoms with Crippen molar-refractivity contribution in [3.05, 3.63) is 56.7 Å². The van der Waals surface area contributed by atoms with E-state index in [0.717, 1.165) is 17.0 Å². The van der Waals surface area contributed by atoms with Crippen LogP contribution in [0.15, 0.2) is 35.7 Å². The Morgan fingerprint density at radius 1 is 1.30 bits per heavy atom. The van der Waals surface area contributed by atoms with Gasteiger partial charge in [-0.15, -0.1) is 11.3 Å². The molecule has 20 heavy (non-hydrogen) atoms. The van der Waals surface area contributed by atoms with Gasteiger partial charge in [-0.2, -0.15) is 0 Å². The molecule has 1 aliphatic rings. The van der Waals surface area contributed by atoms with E-state index in [4.69, 9.17) is 11.6 Å². The highest BCUT2D eigenvalue weighted by Gasteiger charge is 2.24. The zero-order valence-electron chi connectivity index (χ0n) is 11.2. The molecule has 2 aromatic rings. The molecule has 2 atom stereocenters. The van der Waals surface area contributed by atoms with Crippen molar-refractivity contribution in [2.75, 3.05) is 6.61 Å². The van der Waals surface area contributed by atoms with Gasteiger partial charge in [-0.05, 0) is 54.0 Å². The first-order chi connectivity index (χ1) is 9.78. The van der Waals surface area contributed by atoms with Crippen molar-refractivity contribution < 1.29 is 5.11 Å². The monoisotopic (exact) mass is 307 g/mol. The smallest absolute Gasteiger partial charge is 0.0626 e. The molecule has 2 nitrogen and oxygen atoms in total. The quantitative estimate of drug-likeness (QED) is 0.891. The van der Waals surface area contributed by atoms with Crippen molar-refractivity contribution in [2.45, 2.75) is 31.3 Å². The fraction of sp³-hybridized carbons (Fsp3) is 0.375. The molecule has 2 N–H and O–H groups in total. The molecule has 3 rings (SSSR count). The van der Waals surface area contributed by atoms with Crippen LogP contribution in [0.25, 0.3) is 0 Å². The van der Waals surface area contributed by atoms with Crippen LogP contribution in [0, 0.1) is 0 Å². The number of thiophene rings is 1. The SMILES string of the molecule is OCC(NC1CCCc2sccc21)c1ccc(Cl)cc1. The fourth-order valence-corrected chi connectivity index (χ4v) is 3.97. The summed E-state index contributed by atoms with van der Waals surface area (Å²) in [6.07, 6.45) is 3.54. The van der Waals surface area contributed by atoms with Crippen LogP contribution in [0.2, 0.25) is 5.02 Å². The van der Waals surface area contributed by atoms with Crippen LogP contribution in [0.5, 0.6) is 0 Å². The van der Waals surface area contributed by atoms with Gasteiger partial charge < -0.3 is 10.4 Å². The number of benzene rings is 1. The number of aliphatic hydroxyl groups excluding tert-OH is 1.